The maximum atomic E-state index is 12.4. The Morgan fingerprint density at radius 2 is 2.12 bits per heavy atom. The predicted molar refractivity (Wildman–Crippen MR) is 94.0 cm³/mol. The molecule has 1 unspecified atom stereocenters. The second kappa shape index (κ2) is 8.75. The van der Waals surface area contributed by atoms with Crippen molar-refractivity contribution in [3.63, 3.8) is 0 Å². The number of benzene rings is 1. The molecule has 1 atom stereocenters. The van der Waals surface area contributed by atoms with Crippen molar-refractivity contribution in [2.24, 2.45) is 5.92 Å². The molecule has 24 heavy (non-hydrogen) atoms. The van der Waals surface area contributed by atoms with E-state index in [4.69, 9.17) is 0 Å². The summed E-state index contributed by atoms with van der Waals surface area (Å²) in [6.45, 7) is 4.75. The number of anilines is 1. The lowest BCUT2D eigenvalue weighted by atomic mass is 9.93. The number of rotatable bonds is 7. The van der Waals surface area contributed by atoms with Crippen molar-refractivity contribution in [3.05, 3.63) is 34.4 Å². The number of amides is 1. The molecule has 0 radical (unpaired) electrons. The van der Waals surface area contributed by atoms with E-state index in [9.17, 15) is 14.9 Å². The number of nitro groups is 1. The van der Waals surface area contributed by atoms with Gasteiger partial charge in [0.25, 0.3) is 5.69 Å². The monoisotopic (exact) mass is 334 g/mol. The molecule has 0 saturated carbocycles. The summed E-state index contributed by atoms with van der Waals surface area (Å²) in [4.78, 5) is 24.9. The summed E-state index contributed by atoms with van der Waals surface area (Å²) in [6.07, 6.45) is 3.39. The minimum atomic E-state index is -0.463. The smallest absolute Gasteiger partial charge is 0.271 e. The van der Waals surface area contributed by atoms with Gasteiger partial charge in [0.15, 0.2) is 0 Å². The number of carbonyl (C=O) groups is 1. The Balaban J connectivity index is 1.86. The Bertz CT molecular complexity index is 571. The van der Waals surface area contributed by atoms with Gasteiger partial charge < -0.3 is 10.6 Å². The highest BCUT2D eigenvalue weighted by molar-refractivity contribution is 5.94. The van der Waals surface area contributed by atoms with E-state index in [2.05, 4.69) is 15.5 Å². The quantitative estimate of drug-likeness (QED) is 0.590. The van der Waals surface area contributed by atoms with Gasteiger partial charge in [-0.15, -0.1) is 0 Å². The summed E-state index contributed by atoms with van der Waals surface area (Å²) < 4.78 is 0. The van der Waals surface area contributed by atoms with E-state index in [-0.39, 0.29) is 17.6 Å². The normalized spacial score (nSPS) is 17.4. The molecule has 1 saturated heterocycles. The molecule has 1 heterocycles. The van der Waals surface area contributed by atoms with Crippen LogP contribution in [0.3, 0.4) is 0 Å². The maximum Gasteiger partial charge on any atom is 0.271 e. The molecule has 132 valence electrons. The van der Waals surface area contributed by atoms with Crippen LogP contribution in [-0.4, -0.2) is 48.5 Å². The van der Waals surface area contributed by atoms with Gasteiger partial charge in [0.05, 0.1) is 11.0 Å². The molecule has 1 fully saturated rings. The molecule has 1 aliphatic rings. The highest BCUT2D eigenvalue weighted by Gasteiger charge is 2.26. The molecule has 0 aromatic heterocycles. The van der Waals surface area contributed by atoms with Crippen LogP contribution in [-0.2, 0) is 4.79 Å². The molecular weight excluding hydrogens is 308 g/mol. The van der Waals surface area contributed by atoms with Gasteiger partial charge in [-0.25, -0.2) is 0 Å². The van der Waals surface area contributed by atoms with E-state index < -0.39 is 4.92 Å². The average molecular weight is 334 g/mol. The first-order valence-electron chi connectivity index (χ1n) is 8.45. The first-order chi connectivity index (χ1) is 11.5. The van der Waals surface area contributed by atoms with Gasteiger partial charge in [-0.05, 0) is 64.9 Å². The summed E-state index contributed by atoms with van der Waals surface area (Å²) in [5.74, 6) is 0.602. The number of piperidine rings is 1. The van der Waals surface area contributed by atoms with E-state index in [0.29, 0.717) is 5.69 Å². The van der Waals surface area contributed by atoms with Gasteiger partial charge in [-0.1, -0.05) is 6.07 Å². The van der Waals surface area contributed by atoms with Crippen molar-refractivity contribution in [1.82, 2.24) is 10.2 Å². The Morgan fingerprint density at radius 1 is 1.42 bits per heavy atom. The van der Waals surface area contributed by atoms with E-state index in [0.717, 1.165) is 38.4 Å². The van der Waals surface area contributed by atoms with Crippen LogP contribution in [0.25, 0.3) is 0 Å². The third-order valence-electron chi connectivity index (χ3n) is 4.70. The van der Waals surface area contributed by atoms with Crippen LogP contribution < -0.4 is 10.6 Å². The number of likely N-dealkylation sites (tertiary alicyclic amines) is 1. The van der Waals surface area contributed by atoms with Crippen LogP contribution in [0.1, 0.15) is 26.2 Å². The molecule has 0 aliphatic carbocycles. The molecule has 2 rings (SSSR count). The lowest BCUT2D eigenvalue weighted by Crippen LogP contribution is -2.46. The van der Waals surface area contributed by atoms with Crippen LogP contribution >= 0.6 is 0 Å². The van der Waals surface area contributed by atoms with Crippen LogP contribution in [0.4, 0.5) is 11.4 Å². The predicted octanol–water partition coefficient (Wildman–Crippen LogP) is 2.24. The molecule has 0 spiro atoms. The number of non-ortho nitro benzene ring substituents is 1. The number of hydrogen-bond acceptors (Lipinski definition) is 5. The Morgan fingerprint density at radius 3 is 2.75 bits per heavy atom. The first-order valence-corrected chi connectivity index (χ1v) is 8.45. The van der Waals surface area contributed by atoms with Crippen LogP contribution in [0.5, 0.6) is 0 Å². The van der Waals surface area contributed by atoms with E-state index >= 15 is 0 Å². The zero-order valence-corrected chi connectivity index (χ0v) is 14.3. The number of carbonyl (C=O) groups excluding carboxylic acids is 1. The molecular formula is C17H26N4O3. The molecule has 1 aliphatic heterocycles. The highest BCUT2D eigenvalue weighted by Crippen LogP contribution is 2.22. The summed E-state index contributed by atoms with van der Waals surface area (Å²) in [5, 5.41) is 16.8. The summed E-state index contributed by atoms with van der Waals surface area (Å²) >= 11 is 0. The molecule has 2 N–H and O–H groups in total. The van der Waals surface area contributed by atoms with Gasteiger partial charge in [0.2, 0.25) is 5.91 Å². The van der Waals surface area contributed by atoms with Gasteiger partial charge in [0.1, 0.15) is 0 Å². The molecule has 7 heteroatoms. The van der Waals surface area contributed by atoms with Gasteiger partial charge in [-0.3, -0.25) is 19.8 Å². The number of hydrogen-bond donors (Lipinski definition) is 2. The van der Waals surface area contributed by atoms with E-state index in [1.165, 1.54) is 18.6 Å². The fourth-order valence-corrected chi connectivity index (χ4v) is 3.09. The van der Waals surface area contributed by atoms with Crippen LogP contribution in [0, 0.1) is 16.0 Å². The fraction of sp³-hybridized carbons (Fsp3) is 0.588. The van der Waals surface area contributed by atoms with Crippen LogP contribution in [0.15, 0.2) is 24.3 Å². The number of nitrogens with zero attached hydrogens (tertiary/aromatic N) is 2. The second-order valence-corrected chi connectivity index (χ2v) is 6.34. The van der Waals surface area contributed by atoms with Gasteiger partial charge in [-0.2, -0.15) is 0 Å². The maximum absolute atomic E-state index is 12.4. The third kappa shape index (κ3) is 5.01. The zero-order chi connectivity index (χ0) is 17.5. The fourth-order valence-electron chi connectivity index (χ4n) is 3.09. The molecule has 7 nitrogen and oxygen atoms in total. The number of nitro benzene ring substituents is 1. The van der Waals surface area contributed by atoms with E-state index in [1.807, 2.05) is 14.0 Å². The largest absolute Gasteiger partial charge is 0.324 e. The first kappa shape index (κ1) is 18.4. The molecule has 1 aromatic rings. The lowest BCUT2D eigenvalue weighted by molar-refractivity contribution is -0.384. The zero-order valence-electron chi connectivity index (χ0n) is 14.3. The van der Waals surface area contributed by atoms with Crippen molar-refractivity contribution in [2.45, 2.75) is 32.2 Å². The number of nitrogens with one attached hydrogen (secondary N) is 2. The van der Waals surface area contributed by atoms with E-state index in [1.54, 1.807) is 12.1 Å². The highest BCUT2D eigenvalue weighted by atomic mass is 16.6. The second-order valence-electron chi connectivity index (χ2n) is 6.34. The van der Waals surface area contributed by atoms with Crippen molar-refractivity contribution >= 4 is 17.3 Å². The van der Waals surface area contributed by atoms with Crippen molar-refractivity contribution in [3.8, 4) is 0 Å². The Hall–Kier alpha value is -1.99. The van der Waals surface area contributed by atoms with Crippen molar-refractivity contribution < 1.29 is 9.72 Å². The molecule has 0 bridgehead atoms. The van der Waals surface area contributed by atoms with Crippen molar-refractivity contribution in [1.29, 1.82) is 0 Å². The molecule has 1 amide bonds. The Labute approximate surface area is 142 Å². The summed E-state index contributed by atoms with van der Waals surface area (Å²) in [5.41, 5.74) is 0.441. The summed E-state index contributed by atoms with van der Waals surface area (Å²) in [6, 6.07) is 5.80. The topological polar surface area (TPSA) is 87.5 Å². The minimum absolute atomic E-state index is 0.0224. The SMILES string of the molecule is CNCCC1CCN(C(C)C(=O)Nc2cccc([N+](=O)[O-])c2)CC1. The Kier molecular flexibility index (Phi) is 6.69. The lowest BCUT2D eigenvalue weighted by Gasteiger charge is -2.35. The standard InChI is InChI=1S/C17H26N4O3/c1-13(20-10-7-14(8-11-20)6-9-18-2)17(22)19-15-4-3-5-16(12-15)21(23)24/h3-5,12-14,18H,6-11H2,1-2H3,(H,19,22). The average Bonchev–Trinajstić information content (AvgIpc) is 2.60. The molecule has 1 aromatic carbocycles. The third-order valence-corrected chi connectivity index (χ3v) is 4.70. The van der Waals surface area contributed by atoms with Crippen LogP contribution in [0.2, 0.25) is 0 Å². The van der Waals surface area contributed by atoms with Gasteiger partial charge >= 0.3 is 0 Å². The van der Waals surface area contributed by atoms with Crippen molar-refractivity contribution in [2.75, 3.05) is 32.0 Å². The van der Waals surface area contributed by atoms with Gasteiger partial charge in [0, 0.05) is 17.8 Å². The summed E-state index contributed by atoms with van der Waals surface area (Å²) in [7, 11) is 1.97. The minimum Gasteiger partial charge on any atom is -0.324 e.